The summed E-state index contributed by atoms with van der Waals surface area (Å²) in [6.07, 6.45) is 6.17. The van der Waals surface area contributed by atoms with Crippen LogP contribution in [0.5, 0.6) is 0 Å². The van der Waals surface area contributed by atoms with Crippen LogP contribution in [-0.2, 0) is 7.05 Å². The topological polar surface area (TPSA) is 42.7 Å². The smallest absolute Gasteiger partial charge is 0.144 e. The average molecular weight is 284 g/mol. The van der Waals surface area contributed by atoms with Gasteiger partial charge >= 0.3 is 0 Å². The van der Waals surface area contributed by atoms with Crippen molar-refractivity contribution in [1.82, 2.24) is 20.1 Å². The molecule has 2 aromatic rings. The molecule has 0 fully saturated rings. The number of rotatable bonds is 2. The molecule has 0 amide bonds. The molecule has 0 bridgehead atoms. The summed E-state index contributed by atoms with van der Waals surface area (Å²) in [5.41, 5.74) is 5.09. The Kier molecular flexibility index (Phi) is 3.33. The molecule has 1 N–H and O–H groups in total. The van der Waals surface area contributed by atoms with Gasteiger partial charge in [-0.2, -0.15) is 5.10 Å². The molecule has 1 aliphatic heterocycles. The van der Waals surface area contributed by atoms with E-state index in [1.54, 1.807) is 17.7 Å². The number of allylic oxidation sites excluding steroid dienone is 3. The van der Waals surface area contributed by atoms with Crippen molar-refractivity contribution >= 4 is 5.57 Å². The average Bonchev–Trinajstić information content (AvgIpc) is 2.84. The molecule has 108 valence electrons. The van der Waals surface area contributed by atoms with Crippen molar-refractivity contribution in [1.29, 1.82) is 0 Å². The zero-order valence-corrected chi connectivity index (χ0v) is 12.3. The van der Waals surface area contributed by atoms with Crippen LogP contribution in [0.15, 0.2) is 36.2 Å². The lowest BCUT2D eigenvalue weighted by molar-refractivity contribution is 0.610. The van der Waals surface area contributed by atoms with Crippen LogP contribution in [0.1, 0.15) is 18.2 Å². The van der Waals surface area contributed by atoms with E-state index in [0.717, 1.165) is 29.1 Å². The molecular weight excluding hydrogens is 267 g/mol. The molecule has 0 aliphatic carbocycles. The molecule has 0 spiro atoms. The number of hydrogen-bond donors (Lipinski definition) is 1. The van der Waals surface area contributed by atoms with Gasteiger partial charge in [-0.25, -0.2) is 9.37 Å². The lowest BCUT2D eigenvalue weighted by Gasteiger charge is -2.13. The van der Waals surface area contributed by atoms with Crippen LogP contribution in [0.2, 0.25) is 0 Å². The third-order valence-electron chi connectivity index (χ3n) is 3.48. The number of dihydropyridines is 1. The normalized spacial score (nSPS) is 14.5. The van der Waals surface area contributed by atoms with Crippen LogP contribution in [-0.4, -0.2) is 21.3 Å². The maximum Gasteiger partial charge on any atom is 0.144 e. The van der Waals surface area contributed by atoms with Crippen LogP contribution < -0.4 is 5.32 Å². The molecule has 1 aliphatic rings. The number of pyridine rings is 1. The summed E-state index contributed by atoms with van der Waals surface area (Å²) >= 11 is 0. The maximum absolute atomic E-state index is 13.4. The van der Waals surface area contributed by atoms with E-state index < -0.39 is 0 Å². The second-order valence-corrected chi connectivity index (χ2v) is 5.20. The highest BCUT2D eigenvalue weighted by atomic mass is 19.1. The van der Waals surface area contributed by atoms with E-state index in [-0.39, 0.29) is 5.82 Å². The zero-order chi connectivity index (χ0) is 15.0. The highest BCUT2D eigenvalue weighted by Gasteiger charge is 2.16. The third kappa shape index (κ3) is 2.59. The second-order valence-electron chi connectivity index (χ2n) is 5.20. The molecular formula is C16H17FN4. The van der Waals surface area contributed by atoms with Crippen molar-refractivity contribution in [2.75, 3.05) is 6.54 Å². The molecule has 5 heteroatoms. The predicted octanol–water partition coefficient (Wildman–Crippen LogP) is 2.82. The lowest BCUT2D eigenvalue weighted by Crippen LogP contribution is -2.14. The van der Waals surface area contributed by atoms with Crippen LogP contribution in [0.4, 0.5) is 4.39 Å². The summed E-state index contributed by atoms with van der Waals surface area (Å²) in [6.45, 7) is 4.49. The van der Waals surface area contributed by atoms with Crippen molar-refractivity contribution in [3.8, 4) is 11.4 Å². The summed E-state index contributed by atoms with van der Waals surface area (Å²) in [6, 6.07) is 3.11. The Bertz CT molecular complexity index is 756. The number of nitrogens with one attached hydrogen (secondary N) is 1. The van der Waals surface area contributed by atoms with Gasteiger partial charge in [0.15, 0.2) is 0 Å². The molecule has 3 heterocycles. The molecule has 3 rings (SSSR count). The highest BCUT2D eigenvalue weighted by molar-refractivity contribution is 5.83. The minimum absolute atomic E-state index is 0.298. The van der Waals surface area contributed by atoms with Gasteiger partial charge in [-0.15, -0.1) is 0 Å². The standard InChI is InChI=1S/C16H17FN4/c1-10-8-12(6-7-18-10)13-9-21(3)20-16(13)15-5-4-14(17)11(2)19-15/h4-6,8-9,18H,7H2,1-3H3. The van der Waals surface area contributed by atoms with Gasteiger partial charge in [0, 0.05) is 31.0 Å². The molecule has 0 saturated heterocycles. The van der Waals surface area contributed by atoms with E-state index in [2.05, 4.69) is 27.6 Å². The fourth-order valence-electron chi connectivity index (χ4n) is 2.42. The lowest BCUT2D eigenvalue weighted by atomic mass is 10.0. The van der Waals surface area contributed by atoms with Gasteiger partial charge in [-0.3, -0.25) is 4.68 Å². The zero-order valence-electron chi connectivity index (χ0n) is 12.3. The van der Waals surface area contributed by atoms with Crippen molar-refractivity contribution in [3.05, 3.63) is 53.3 Å². The minimum Gasteiger partial charge on any atom is -0.385 e. The van der Waals surface area contributed by atoms with E-state index in [4.69, 9.17) is 0 Å². The van der Waals surface area contributed by atoms with Crippen LogP contribution in [0.25, 0.3) is 17.0 Å². The molecule has 0 radical (unpaired) electrons. The quantitative estimate of drug-likeness (QED) is 0.922. The second kappa shape index (κ2) is 5.16. The molecule has 2 aromatic heterocycles. The Hall–Kier alpha value is -2.43. The van der Waals surface area contributed by atoms with Crippen LogP contribution >= 0.6 is 0 Å². The number of nitrogens with zero attached hydrogens (tertiary/aromatic N) is 3. The third-order valence-corrected chi connectivity index (χ3v) is 3.48. The SMILES string of the molecule is CC1=CC(c2cn(C)nc2-c2ccc(F)c(C)n2)=CCN1. The van der Waals surface area contributed by atoms with Gasteiger partial charge in [0.1, 0.15) is 11.5 Å². The summed E-state index contributed by atoms with van der Waals surface area (Å²) in [7, 11) is 1.88. The monoisotopic (exact) mass is 284 g/mol. The minimum atomic E-state index is -0.298. The summed E-state index contributed by atoms with van der Waals surface area (Å²) < 4.78 is 15.2. The van der Waals surface area contributed by atoms with Crippen molar-refractivity contribution in [3.63, 3.8) is 0 Å². The number of halogens is 1. The van der Waals surface area contributed by atoms with E-state index in [9.17, 15) is 4.39 Å². The molecule has 0 atom stereocenters. The fraction of sp³-hybridized carbons (Fsp3) is 0.250. The first-order valence-corrected chi connectivity index (χ1v) is 6.84. The highest BCUT2D eigenvalue weighted by Crippen LogP contribution is 2.29. The number of aromatic nitrogens is 3. The van der Waals surface area contributed by atoms with Gasteiger partial charge in [-0.05, 0) is 37.6 Å². The van der Waals surface area contributed by atoms with Crippen molar-refractivity contribution in [2.45, 2.75) is 13.8 Å². The molecule has 0 unspecified atom stereocenters. The first kappa shape index (κ1) is 13.5. The maximum atomic E-state index is 13.4. The van der Waals surface area contributed by atoms with Gasteiger partial charge in [-0.1, -0.05) is 6.08 Å². The van der Waals surface area contributed by atoms with E-state index in [1.165, 1.54) is 6.07 Å². The van der Waals surface area contributed by atoms with Gasteiger partial charge < -0.3 is 5.32 Å². The van der Waals surface area contributed by atoms with Crippen LogP contribution in [0.3, 0.4) is 0 Å². The Balaban J connectivity index is 2.11. The van der Waals surface area contributed by atoms with Gasteiger partial charge in [0.2, 0.25) is 0 Å². The fourth-order valence-corrected chi connectivity index (χ4v) is 2.42. The molecule has 21 heavy (non-hydrogen) atoms. The Morgan fingerprint density at radius 3 is 2.81 bits per heavy atom. The summed E-state index contributed by atoms with van der Waals surface area (Å²) in [5.74, 6) is -0.298. The first-order chi connectivity index (χ1) is 10.0. The Labute approximate surface area is 123 Å². The van der Waals surface area contributed by atoms with Gasteiger partial charge in [0.05, 0.1) is 11.4 Å². The molecule has 0 saturated carbocycles. The number of aryl methyl sites for hydroxylation is 2. The molecule has 4 nitrogen and oxygen atoms in total. The molecule has 0 aromatic carbocycles. The first-order valence-electron chi connectivity index (χ1n) is 6.84. The van der Waals surface area contributed by atoms with E-state index in [1.807, 2.05) is 20.2 Å². The van der Waals surface area contributed by atoms with Gasteiger partial charge in [0.25, 0.3) is 0 Å². The van der Waals surface area contributed by atoms with Crippen LogP contribution in [0, 0.1) is 12.7 Å². The Morgan fingerprint density at radius 2 is 2.10 bits per heavy atom. The predicted molar refractivity (Wildman–Crippen MR) is 80.9 cm³/mol. The van der Waals surface area contributed by atoms with E-state index >= 15 is 0 Å². The van der Waals surface area contributed by atoms with Crippen molar-refractivity contribution in [2.24, 2.45) is 7.05 Å². The summed E-state index contributed by atoms with van der Waals surface area (Å²) in [5, 5.41) is 7.75. The number of hydrogen-bond acceptors (Lipinski definition) is 3. The Morgan fingerprint density at radius 1 is 1.29 bits per heavy atom. The largest absolute Gasteiger partial charge is 0.385 e. The van der Waals surface area contributed by atoms with Crippen molar-refractivity contribution < 1.29 is 4.39 Å². The summed E-state index contributed by atoms with van der Waals surface area (Å²) in [4.78, 5) is 4.32. The van der Waals surface area contributed by atoms with E-state index in [0.29, 0.717) is 11.4 Å².